The van der Waals surface area contributed by atoms with Gasteiger partial charge in [0.1, 0.15) is 11.9 Å². The van der Waals surface area contributed by atoms with Gasteiger partial charge in [-0.15, -0.1) is 0 Å². The minimum atomic E-state index is -3.22. The first kappa shape index (κ1) is 18.5. The lowest BCUT2D eigenvalue weighted by Crippen LogP contribution is -2.36. The Morgan fingerprint density at radius 3 is 2.50 bits per heavy atom. The van der Waals surface area contributed by atoms with Crippen LogP contribution in [0, 0.1) is 5.92 Å². The molecule has 0 aliphatic carbocycles. The average molecular weight is 373 g/mol. The molecule has 1 heterocycles. The summed E-state index contributed by atoms with van der Waals surface area (Å²) >= 11 is 0. The van der Waals surface area contributed by atoms with Gasteiger partial charge in [-0.3, -0.25) is 4.79 Å². The number of hydrogen-bond donors (Lipinski definition) is 1. The van der Waals surface area contributed by atoms with Crippen LogP contribution in [-0.4, -0.2) is 33.2 Å². The summed E-state index contributed by atoms with van der Waals surface area (Å²) < 4.78 is 29.3. The number of amides is 1. The van der Waals surface area contributed by atoms with E-state index in [9.17, 15) is 13.2 Å². The Morgan fingerprint density at radius 1 is 1.19 bits per heavy atom. The quantitative estimate of drug-likeness (QED) is 0.875. The van der Waals surface area contributed by atoms with Crippen LogP contribution in [0.5, 0.6) is 5.75 Å². The van der Waals surface area contributed by atoms with Gasteiger partial charge in [-0.25, -0.2) is 8.42 Å². The zero-order chi connectivity index (χ0) is 18.9. The minimum Gasteiger partial charge on any atom is -0.487 e. The number of sulfone groups is 1. The number of carbonyl (C=O) groups is 1. The third-order valence-corrected chi connectivity index (χ3v) is 5.58. The van der Waals surface area contributed by atoms with Crippen molar-refractivity contribution in [2.45, 2.75) is 31.3 Å². The van der Waals surface area contributed by atoms with Crippen molar-refractivity contribution in [1.29, 1.82) is 0 Å². The largest absolute Gasteiger partial charge is 0.487 e. The van der Waals surface area contributed by atoms with Gasteiger partial charge < -0.3 is 10.1 Å². The highest BCUT2D eigenvalue weighted by atomic mass is 32.2. The van der Waals surface area contributed by atoms with E-state index in [4.69, 9.17) is 4.74 Å². The molecule has 1 aliphatic rings. The van der Waals surface area contributed by atoms with Crippen molar-refractivity contribution in [3.63, 3.8) is 0 Å². The normalized spacial score (nSPS) is 16.2. The van der Waals surface area contributed by atoms with E-state index in [-0.39, 0.29) is 17.9 Å². The van der Waals surface area contributed by atoms with Crippen LogP contribution >= 0.6 is 0 Å². The minimum absolute atomic E-state index is 0.0149. The zero-order valence-corrected chi connectivity index (χ0v) is 16.0. The predicted octanol–water partition coefficient (Wildman–Crippen LogP) is 2.83. The Morgan fingerprint density at radius 2 is 1.88 bits per heavy atom. The predicted molar refractivity (Wildman–Crippen MR) is 101 cm³/mol. The number of fused-ring (bicyclic) bond motifs is 1. The summed E-state index contributed by atoms with van der Waals surface area (Å²) in [7, 11) is -3.22. The monoisotopic (exact) mass is 373 g/mol. The molecule has 0 aromatic heterocycles. The molecule has 3 rings (SSSR count). The van der Waals surface area contributed by atoms with Crippen molar-refractivity contribution < 1.29 is 17.9 Å². The van der Waals surface area contributed by atoms with Crippen LogP contribution in [0.3, 0.4) is 0 Å². The van der Waals surface area contributed by atoms with Gasteiger partial charge in [-0.2, -0.15) is 0 Å². The second kappa shape index (κ2) is 7.11. The van der Waals surface area contributed by atoms with E-state index in [1.165, 1.54) is 6.26 Å². The third-order valence-electron chi connectivity index (χ3n) is 4.45. The van der Waals surface area contributed by atoms with Crippen molar-refractivity contribution in [3.05, 3.63) is 48.0 Å². The zero-order valence-electron chi connectivity index (χ0n) is 15.2. The van der Waals surface area contributed by atoms with E-state index in [1.54, 1.807) is 24.3 Å². The third kappa shape index (κ3) is 3.90. The molecule has 1 N–H and O–H groups in total. The van der Waals surface area contributed by atoms with E-state index < -0.39 is 9.84 Å². The molecule has 1 atom stereocenters. The van der Waals surface area contributed by atoms with Crippen LogP contribution in [0.25, 0.3) is 11.1 Å². The van der Waals surface area contributed by atoms with E-state index in [2.05, 4.69) is 5.32 Å². The van der Waals surface area contributed by atoms with Crippen molar-refractivity contribution in [3.8, 4) is 16.9 Å². The lowest BCUT2D eigenvalue weighted by atomic mass is 10.0. The topological polar surface area (TPSA) is 72.5 Å². The summed E-state index contributed by atoms with van der Waals surface area (Å²) in [6, 6.07) is 12.8. The highest BCUT2D eigenvalue weighted by Gasteiger charge is 2.26. The molecule has 138 valence electrons. The van der Waals surface area contributed by atoms with Gasteiger partial charge in [0, 0.05) is 24.2 Å². The Labute approximate surface area is 154 Å². The summed E-state index contributed by atoms with van der Waals surface area (Å²) in [4.78, 5) is 12.1. The van der Waals surface area contributed by atoms with Gasteiger partial charge in [-0.05, 0) is 23.3 Å². The summed E-state index contributed by atoms with van der Waals surface area (Å²) in [5, 5.41) is 2.91. The Balaban J connectivity index is 1.80. The van der Waals surface area contributed by atoms with E-state index in [0.29, 0.717) is 11.4 Å². The van der Waals surface area contributed by atoms with Crippen molar-refractivity contribution in [2.75, 3.05) is 12.8 Å². The number of ether oxygens (including phenoxy) is 1. The number of hydrogen-bond acceptors (Lipinski definition) is 4. The molecule has 6 heteroatoms. The van der Waals surface area contributed by atoms with Gasteiger partial charge in [0.25, 0.3) is 0 Å². The lowest BCUT2D eigenvalue weighted by Gasteiger charge is -2.14. The van der Waals surface area contributed by atoms with Crippen LogP contribution in [0.1, 0.15) is 19.4 Å². The second-order valence-corrected chi connectivity index (χ2v) is 8.95. The molecular weight excluding hydrogens is 350 g/mol. The molecule has 0 spiro atoms. The summed E-state index contributed by atoms with van der Waals surface area (Å²) in [5.41, 5.74) is 2.93. The van der Waals surface area contributed by atoms with Crippen molar-refractivity contribution >= 4 is 15.7 Å². The fraction of sp³-hybridized carbons (Fsp3) is 0.350. The number of para-hydroxylation sites is 1. The smallest absolute Gasteiger partial charge is 0.222 e. The molecule has 2 aromatic rings. The highest BCUT2D eigenvalue weighted by Crippen LogP contribution is 2.38. The molecule has 0 unspecified atom stereocenters. The number of nitrogens with one attached hydrogen (secondary N) is 1. The molecular formula is C20H23NO4S. The molecule has 0 saturated heterocycles. The fourth-order valence-corrected chi connectivity index (χ4v) is 3.61. The lowest BCUT2D eigenvalue weighted by molar-refractivity contribution is -0.124. The number of carbonyl (C=O) groups excluding carboxylic acids is 1. The molecule has 2 aromatic carbocycles. The molecule has 1 amide bonds. The van der Waals surface area contributed by atoms with Crippen molar-refractivity contribution in [2.24, 2.45) is 5.92 Å². The molecule has 0 saturated carbocycles. The molecule has 26 heavy (non-hydrogen) atoms. The Bertz CT molecular complexity index is 917. The Hall–Kier alpha value is -2.34. The maximum Gasteiger partial charge on any atom is 0.222 e. The van der Waals surface area contributed by atoms with Crippen LogP contribution in [0.2, 0.25) is 0 Å². The summed E-state index contributed by atoms with van der Waals surface area (Å²) in [6.07, 6.45) is 1.84. The maximum atomic E-state index is 11.8. The number of rotatable bonds is 5. The summed E-state index contributed by atoms with van der Waals surface area (Å²) in [6.45, 7) is 4.19. The highest BCUT2D eigenvalue weighted by molar-refractivity contribution is 7.90. The first-order chi connectivity index (χ1) is 12.3. The fourth-order valence-electron chi connectivity index (χ4n) is 2.98. The summed E-state index contributed by atoms with van der Waals surface area (Å²) in [5.74, 6) is 0.771. The van der Waals surface area contributed by atoms with Gasteiger partial charge >= 0.3 is 0 Å². The standard InChI is InChI=1S/C20H23NO4S/c1-13(2)20(22)21-12-16-11-15-5-4-6-18(19(15)25-16)14-7-9-17(10-8-14)26(3,23)24/h4-10,13,16H,11-12H2,1-3H3,(H,21,22)/t16-/m1/s1. The SMILES string of the molecule is CC(C)C(=O)NC[C@H]1Cc2cccc(-c3ccc(S(C)(=O)=O)cc3)c2O1. The van der Waals surface area contributed by atoms with Gasteiger partial charge in [-0.1, -0.05) is 44.2 Å². The number of benzene rings is 2. The molecule has 5 nitrogen and oxygen atoms in total. The van der Waals surface area contributed by atoms with E-state index in [0.717, 1.165) is 28.9 Å². The average Bonchev–Trinajstić information content (AvgIpc) is 3.01. The van der Waals surface area contributed by atoms with Crippen molar-refractivity contribution in [1.82, 2.24) is 5.32 Å². The van der Waals surface area contributed by atoms with Crippen LogP contribution in [0.15, 0.2) is 47.4 Å². The van der Waals surface area contributed by atoms with Crippen LogP contribution < -0.4 is 10.1 Å². The first-order valence-corrected chi connectivity index (χ1v) is 10.5. The van der Waals surface area contributed by atoms with Crippen LogP contribution in [0.4, 0.5) is 0 Å². The second-order valence-electron chi connectivity index (χ2n) is 6.93. The first-order valence-electron chi connectivity index (χ1n) is 8.62. The molecule has 0 bridgehead atoms. The van der Waals surface area contributed by atoms with E-state index >= 15 is 0 Å². The van der Waals surface area contributed by atoms with Gasteiger partial charge in [0.15, 0.2) is 9.84 Å². The van der Waals surface area contributed by atoms with E-state index in [1.807, 2.05) is 32.0 Å². The molecule has 1 aliphatic heterocycles. The Kier molecular flexibility index (Phi) is 5.05. The van der Waals surface area contributed by atoms with Gasteiger partial charge in [0.2, 0.25) is 5.91 Å². The maximum absolute atomic E-state index is 11.8. The molecule has 0 fully saturated rings. The van der Waals surface area contributed by atoms with Gasteiger partial charge in [0.05, 0.1) is 11.4 Å². The molecule has 0 radical (unpaired) electrons. The van der Waals surface area contributed by atoms with Crippen LogP contribution in [-0.2, 0) is 21.1 Å².